The largest absolute Gasteiger partial charge is 0.494 e. The van der Waals surface area contributed by atoms with Crippen LogP contribution in [-0.4, -0.2) is 12.4 Å². The number of carbonyl (C=O) groups is 1. The van der Waals surface area contributed by atoms with Crippen molar-refractivity contribution in [2.24, 2.45) is 5.41 Å². The minimum Gasteiger partial charge on any atom is -0.494 e. The average Bonchev–Trinajstić information content (AvgIpc) is 2.39. The van der Waals surface area contributed by atoms with E-state index in [2.05, 4.69) is 29.8 Å². The highest BCUT2D eigenvalue weighted by Gasteiger charge is 2.30. The lowest BCUT2D eigenvalue weighted by atomic mass is 9.84. The first-order valence-corrected chi connectivity index (χ1v) is 7.21. The molecule has 1 aliphatic rings. The first-order chi connectivity index (χ1) is 8.44. The molecule has 0 saturated heterocycles. The second-order valence-electron chi connectivity index (χ2n) is 5.60. The van der Waals surface area contributed by atoms with E-state index in [4.69, 9.17) is 4.74 Å². The summed E-state index contributed by atoms with van der Waals surface area (Å²) in [5.74, 6) is 1.09. The van der Waals surface area contributed by atoms with Crippen LogP contribution in [0.25, 0.3) is 0 Å². The van der Waals surface area contributed by atoms with Crippen molar-refractivity contribution in [2.45, 2.75) is 40.0 Å². The van der Waals surface area contributed by atoms with Crippen LogP contribution in [-0.2, 0) is 6.42 Å². The van der Waals surface area contributed by atoms with Gasteiger partial charge >= 0.3 is 0 Å². The Morgan fingerprint density at radius 2 is 2.11 bits per heavy atom. The van der Waals surface area contributed by atoms with Crippen LogP contribution in [0.2, 0.25) is 0 Å². The summed E-state index contributed by atoms with van der Waals surface area (Å²) in [6.07, 6.45) is 2.53. The fourth-order valence-corrected chi connectivity index (χ4v) is 3.11. The van der Waals surface area contributed by atoms with E-state index in [0.717, 1.165) is 34.2 Å². The van der Waals surface area contributed by atoms with E-state index in [9.17, 15) is 4.79 Å². The van der Waals surface area contributed by atoms with Gasteiger partial charge in [0.25, 0.3) is 0 Å². The number of benzene rings is 1. The van der Waals surface area contributed by atoms with Crippen LogP contribution in [0.3, 0.4) is 0 Å². The standard InChI is InChI=1S/C15H19BrO2/c1-4-18-13-6-5-11(16)14-10(13)7-8-15(2,3)9-12(14)17/h5-6H,4,7-9H2,1-3H3. The second-order valence-corrected chi connectivity index (χ2v) is 6.45. The number of hydrogen-bond acceptors (Lipinski definition) is 2. The summed E-state index contributed by atoms with van der Waals surface area (Å²) in [7, 11) is 0. The van der Waals surface area contributed by atoms with Crippen molar-refractivity contribution < 1.29 is 9.53 Å². The molecule has 0 amide bonds. The van der Waals surface area contributed by atoms with Gasteiger partial charge in [0, 0.05) is 22.0 Å². The molecule has 1 aromatic carbocycles. The van der Waals surface area contributed by atoms with E-state index >= 15 is 0 Å². The van der Waals surface area contributed by atoms with Gasteiger partial charge < -0.3 is 4.74 Å². The second kappa shape index (κ2) is 5.04. The smallest absolute Gasteiger partial charge is 0.164 e. The van der Waals surface area contributed by atoms with Crippen molar-refractivity contribution in [3.05, 3.63) is 27.7 Å². The number of rotatable bonds is 2. The van der Waals surface area contributed by atoms with Gasteiger partial charge in [-0.05, 0) is 37.3 Å². The maximum atomic E-state index is 12.4. The van der Waals surface area contributed by atoms with Gasteiger partial charge in [0.2, 0.25) is 0 Å². The third kappa shape index (κ3) is 2.61. The van der Waals surface area contributed by atoms with Gasteiger partial charge in [-0.2, -0.15) is 0 Å². The first kappa shape index (κ1) is 13.6. The molecule has 0 aliphatic heterocycles. The monoisotopic (exact) mass is 310 g/mol. The molecule has 0 unspecified atom stereocenters. The van der Waals surface area contributed by atoms with Crippen LogP contribution in [0.5, 0.6) is 5.75 Å². The van der Waals surface area contributed by atoms with Crippen LogP contribution in [0, 0.1) is 5.41 Å². The minimum absolute atomic E-state index is 0.0685. The Morgan fingerprint density at radius 1 is 1.39 bits per heavy atom. The zero-order valence-electron chi connectivity index (χ0n) is 11.2. The van der Waals surface area contributed by atoms with Crippen molar-refractivity contribution in [1.29, 1.82) is 0 Å². The summed E-state index contributed by atoms with van der Waals surface area (Å²) in [4.78, 5) is 12.4. The van der Waals surface area contributed by atoms with Gasteiger partial charge in [-0.1, -0.05) is 29.8 Å². The molecule has 1 aliphatic carbocycles. The van der Waals surface area contributed by atoms with Crippen LogP contribution in [0.4, 0.5) is 0 Å². The van der Waals surface area contributed by atoms with Gasteiger partial charge in [0.15, 0.2) is 5.78 Å². The molecule has 2 rings (SSSR count). The molecule has 0 bridgehead atoms. The number of halogens is 1. The maximum absolute atomic E-state index is 12.4. The van der Waals surface area contributed by atoms with Crippen LogP contribution >= 0.6 is 15.9 Å². The maximum Gasteiger partial charge on any atom is 0.164 e. The topological polar surface area (TPSA) is 26.3 Å². The molecule has 0 N–H and O–H groups in total. The van der Waals surface area contributed by atoms with Crippen LogP contribution in [0.15, 0.2) is 16.6 Å². The van der Waals surface area contributed by atoms with Gasteiger partial charge in [0.1, 0.15) is 5.75 Å². The molecule has 0 fully saturated rings. The minimum atomic E-state index is 0.0685. The van der Waals surface area contributed by atoms with Crippen molar-refractivity contribution >= 4 is 21.7 Å². The molecule has 1 aromatic rings. The highest BCUT2D eigenvalue weighted by Crippen LogP contribution is 2.39. The fourth-order valence-electron chi connectivity index (χ4n) is 2.52. The van der Waals surface area contributed by atoms with E-state index in [0.29, 0.717) is 13.0 Å². The number of ketones is 1. The first-order valence-electron chi connectivity index (χ1n) is 6.42. The molecule has 0 heterocycles. The number of carbonyl (C=O) groups excluding carboxylic acids is 1. The molecule has 98 valence electrons. The van der Waals surface area contributed by atoms with Crippen molar-refractivity contribution in [3.8, 4) is 5.75 Å². The summed E-state index contributed by atoms with van der Waals surface area (Å²) in [5, 5.41) is 0. The summed E-state index contributed by atoms with van der Waals surface area (Å²) >= 11 is 3.50. The van der Waals surface area contributed by atoms with Crippen LogP contribution < -0.4 is 4.74 Å². The van der Waals surface area contributed by atoms with Crippen molar-refractivity contribution in [1.82, 2.24) is 0 Å². The summed E-state index contributed by atoms with van der Waals surface area (Å²) in [5.41, 5.74) is 1.97. The Morgan fingerprint density at radius 3 is 2.78 bits per heavy atom. The van der Waals surface area contributed by atoms with E-state index in [-0.39, 0.29) is 11.2 Å². The molecular formula is C15H19BrO2. The SMILES string of the molecule is CCOc1ccc(Br)c2c1CCC(C)(C)CC2=O. The Balaban J connectivity index is 2.52. The third-order valence-corrected chi connectivity index (χ3v) is 4.15. The van der Waals surface area contributed by atoms with Gasteiger partial charge in [-0.15, -0.1) is 0 Å². The lowest BCUT2D eigenvalue weighted by molar-refractivity contribution is 0.0933. The number of hydrogen-bond donors (Lipinski definition) is 0. The normalized spacial score (nSPS) is 18.1. The molecular weight excluding hydrogens is 292 g/mol. The van der Waals surface area contributed by atoms with E-state index in [1.165, 1.54) is 0 Å². The lowest BCUT2D eigenvalue weighted by Crippen LogP contribution is -2.14. The van der Waals surface area contributed by atoms with Gasteiger partial charge in [-0.3, -0.25) is 4.79 Å². The summed E-state index contributed by atoms with van der Waals surface area (Å²) < 4.78 is 6.55. The molecule has 0 atom stereocenters. The quantitative estimate of drug-likeness (QED) is 0.757. The molecule has 2 nitrogen and oxygen atoms in total. The number of fused-ring (bicyclic) bond motifs is 1. The Hall–Kier alpha value is -0.830. The average molecular weight is 311 g/mol. The Bertz CT molecular complexity index is 478. The van der Waals surface area contributed by atoms with Gasteiger partial charge in [0.05, 0.1) is 6.61 Å². The Kier molecular flexibility index (Phi) is 3.81. The van der Waals surface area contributed by atoms with E-state index in [1.807, 2.05) is 19.1 Å². The van der Waals surface area contributed by atoms with Crippen molar-refractivity contribution in [2.75, 3.05) is 6.61 Å². The highest BCUT2D eigenvalue weighted by molar-refractivity contribution is 9.10. The van der Waals surface area contributed by atoms with Crippen LogP contribution in [0.1, 0.15) is 49.5 Å². The zero-order chi connectivity index (χ0) is 13.3. The van der Waals surface area contributed by atoms with Gasteiger partial charge in [-0.25, -0.2) is 0 Å². The summed E-state index contributed by atoms with van der Waals surface area (Å²) in [6.45, 7) is 6.92. The van der Waals surface area contributed by atoms with Crippen molar-refractivity contribution in [3.63, 3.8) is 0 Å². The molecule has 0 saturated carbocycles. The molecule has 0 radical (unpaired) electrons. The Labute approximate surface area is 117 Å². The number of Topliss-reactive ketones (excluding diaryl/α,β-unsaturated/α-hetero) is 1. The molecule has 3 heteroatoms. The molecule has 0 aromatic heterocycles. The number of ether oxygens (including phenoxy) is 1. The predicted octanol–water partition coefficient (Wildman–Crippen LogP) is 4.39. The molecule has 18 heavy (non-hydrogen) atoms. The van der Waals surface area contributed by atoms with E-state index in [1.54, 1.807) is 0 Å². The molecule has 0 spiro atoms. The fraction of sp³-hybridized carbons (Fsp3) is 0.533. The summed E-state index contributed by atoms with van der Waals surface area (Å²) in [6, 6.07) is 3.87. The lowest BCUT2D eigenvalue weighted by Gasteiger charge is -2.20. The predicted molar refractivity (Wildman–Crippen MR) is 76.4 cm³/mol. The van der Waals surface area contributed by atoms with E-state index < -0.39 is 0 Å². The zero-order valence-corrected chi connectivity index (χ0v) is 12.8. The highest BCUT2D eigenvalue weighted by atomic mass is 79.9. The third-order valence-electron chi connectivity index (χ3n) is 3.49.